The number of Topliss-reactive ketones (excluding diaryl/α,β-unsaturated/α-hetero) is 1. The Labute approximate surface area is 132 Å². The molecule has 0 saturated carbocycles. The van der Waals surface area contributed by atoms with Crippen LogP contribution in [0.15, 0.2) is 60.7 Å². The number of benzene rings is 2. The zero-order valence-electron chi connectivity index (χ0n) is 12.8. The summed E-state index contributed by atoms with van der Waals surface area (Å²) in [4.78, 5) is 13.0. The predicted molar refractivity (Wildman–Crippen MR) is 90.3 cm³/mol. The zero-order valence-corrected chi connectivity index (χ0v) is 12.8. The topological polar surface area (TPSA) is 17.1 Å². The minimum absolute atomic E-state index is 0.0288. The molecular formula is C21H18O. The van der Waals surface area contributed by atoms with Crippen molar-refractivity contribution in [2.75, 3.05) is 0 Å². The monoisotopic (exact) mass is 286 g/mol. The fourth-order valence-corrected chi connectivity index (χ4v) is 2.38. The molecule has 0 fully saturated rings. The lowest BCUT2D eigenvalue weighted by molar-refractivity contribution is -0.119. The van der Waals surface area contributed by atoms with Gasteiger partial charge in [-0.25, -0.2) is 0 Å². The Morgan fingerprint density at radius 1 is 0.727 bits per heavy atom. The molecule has 1 heteroatoms. The van der Waals surface area contributed by atoms with Crippen LogP contribution in [-0.4, -0.2) is 5.78 Å². The third kappa shape index (κ3) is 3.66. The maximum atomic E-state index is 13.0. The van der Waals surface area contributed by atoms with Crippen LogP contribution in [-0.2, 0) is 4.79 Å². The van der Waals surface area contributed by atoms with E-state index in [1.807, 2.05) is 60.7 Å². The molecule has 0 saturated heterocycles. The first-order valence-corrected chi connectivity index (χ1v) is 7.26. The SMILES string of the molecule is CC#CC(C(=O)C(C#CC)c1ccccc1)c1ccccc1. The molecule has 0 radical (unpaired) electrons. The molecule has 0 bridgehead atoms. The third-order valence-corrected chi connectivity index (χ3v) is 3.41. The van der Waals surface area contributed by atoms with Crippen molar-refractivity contribution in [1.82, 2.24) is 0 Å². The van der Waals surface area contributed by atoms with Crippen LogP contribution in [0, 0.1) is 23.7 Å². The molecule has 0 amide bonds. The van der Waals surface area contributed by atoms with Crippen molar-refractivity contribution in [1.29, 1.82) is 0 Å². The molecule has 1 nitrogen and oxygen atoms in total. The maximum absolute atomic E-state index is 13.0. The Balaban J connectivity index is 2.43. The minimum atomic E-state index is -0.447. The molecule has 0 aliphatic rings. The average molecular weight is 286 g/mol. The lowest BCUT2D eigenvalue weighted by Gasteiger charge is -2.16. The second kappa shape index (κ2) is 7.87. The molecular weight excluding hydrogens is 268 g/mol. The fourth-order valence-electron chi connectivity index (χ4n) is 2.38. The van der Waals surface area contributed by atoms with Crippen molar-refractivity contribution in [3.05, 3.63) is 71.8 Å². The summed E-state index contributed by atoms with van der Waals surface area (Å²) in [5, 5.41) is 0. The van der Waals surface area contributed by atoms with Crippen molar-refractivity contribution in [2.24, 2.45) is 0 Å². The second-order valence-corrected chi connectivity index (χ2v) is 4.88. The van der Waals surface area contributed by atoms with Crippen molar-refractivity contribution in [3.8, 4) is 23.7 Å². The molecule has 2 aromatic carbocycles. The summed E-state index contributed by atoms with van der Waals surface area (Å²) in [6.45, 7) is 3.51. The van der Waals surface area contributed by atoms with E-state index < -0.39 is 11.8 Å². The lowest BCUT2D eigenvalue weighted by atomic mass is 9.84. The molecule has 0 aliphatic carbocycles. The van der Waals surface area contributed by atoms with Gasteiger partial charge in [0.2, 0.25) is 0 Å². The third-order valence-electron chi connectivity index (χ3n) is 3.41. The van der Waals surface area contributed by atoms with Crippen molar-refractivity contribution in [3.63, 3.8) is 0 Å². The molecule has 0 spiro atoms. The summed E-state index contributed by atoms with van der Waals surface area (Å²) in [7, 11) is 0. The van der Waals surface area contributed by atoms with Gasteiger partial charge in [0.1, 0.15) is 11.8 Å². The van der Waals surface area contributed by atoms with E-state index in [0.717, 1.165) is 11.1 Å². The van der Waals surface area contributed by atoms with E-state index in [-0.39, 0.29) is 5.78 Å². The van der Waals surface area contributed by atoms with Gasteiger partial charge in [0.25, 0.3) is 0 Å². The molecule has 0 aliphatic heterocycles. The molecule has 22 heavy (non-hydrogen) atoms. The number of carbonyl (C=O) groups is 1. The number of rotatable bonds is 4. The predicted octanol–water partition coefficient (Wildman–Crippen LogP) is 4.17. The van der Waals surface area contributed by atoms with Gasteiger partial charge in [0.15, 0.2) is 5.78 Å². The first kappa shape index (κ1) is 15.6. The normalized spacial score (nSPS) is 12.1. The standard InChI is InChI=1S/C21H18O/c1-3-11-19(17-13-7-5-8-14-17)21(22)20(12-4-2)18-15-9-6-10-16-18/h5-10,13-16,19-20H,1-2H3. The lowest BCUT2D eigenvalue weighted by Crippen LogP contribution is -2.19. The molecule has 0 aromatic heterocycles. The Kier molecular flexibility index (Phi) is 5.58. The summed E-state index contributed by atoms with van der Waals surface area (Å²) >= 11 is 0. The van der Waals surface area contributed by atoms with Gasteiger partial charge in [-0.15, -0.1) is 11.8 Å². The summed E-state index contributed by atoms with van der Waals surface area (Å²) in [5.74, 6) is 11.0. The molecule has 2 atom stereocenters. The van der Waals surface area contributed by atoms with E-state index >= 15 is 0 Å². The van der Waals surface area contributed by atoms with Crippen LogP contribution in [0.2, 0.25) is 0 Å². The van der Waals surface area contributed by atoms with E-state index in [4.69, 9.17) is 0 Å². The molecule has 2 aromatic rings. The smallest absolute Gasteiger partial charge is 0.171 e. The molecule has 0 N–H and O–H groups in total. The highest BCUT2D eigenvalue weighted by molar-refractivity contribution is 5.96. The summed E-state index contributed by atoms with van der Waals surface area (Å²) < 4.78 is 0. The zero-order chi connectivity index (χ0) is 15.8. The molecule has 2 rings (SSSR count). The van der Waals surface area contributed by atoms with Gasteiger partial charge < -0.3 is 0 Å². The van der Waals surface area contributed by atoms with Crippen molar-refractivity contribution in [2.45, 2.75) is 25.7 Å². The summed E-state index contributed by atoms with van der Waals surface area (Å²) in [6, 6.07) is 19.3. The van der Waals surface area contributed by atoms with Crippen LogP contribution in [0.3, 0.4) is 0 Å². The number of ketones is 1. The Morgan fingerprint density at radius 2 is 1.09 bits per heavy atom. The van der Waals surface area contributed by atoms with Gasteiger partial charge in [0, 0.05) is 0 Å². The van der Waals surface area contributed by atoms with Crippen LogP contribution in [0.25, 0.3) is 0 Å². The van der Waals surface area contributed by atoms with E-state index in [9.17, 15) is 4.79 Å². The van der Waals surface area contributed by atoms with Crippen LogP contribution >= 0.6 is 0 Å². The van der Waals surface area contributed by atoms with Crippen LogP contribution in [0.5, 0.6) is 0 Å². The number of carbonyl (C=O) groups excluding carboxylic acids is 1. The molecule has 0 heterocycles. The quantitative estimate of drug-likeness (QED) is 0.771. The highest BCUT2D eigenvalue weighted by Crippen LogP contribution is 2.26. The number of hydrogen-bond acceptors (Lipinski definition) is 1. The Bertz CT molecular complexity index is 671. The van der Waals surface area contributed by atoms with Gasteiger partial charge in [0.05, 0.1) is 0 Å². The average Bonchev–Trinajstić information content (AvgIpc) is 2.58. The van der Waals surface area contributed by atoms with Gasteiger partial charge in [-0.1, -0.05) is 72.5 Å². The van der Waals surface area contributed by atoms with E-state index in [0.29, 0.717) is 0 Å². The first-order chi connectivity index (χ1) is 10.8. The second-order valence-electron chi connectivity index (χ2n) is 4.88. The highest BCUT2D eigenvalue weighted by Gasteiger charge is 2.26. The first-order valence-electron chi connectivity index (χ1n) is 7.26. The fraction of sp³-hybridized carbons (Fsp3) is 0.190. The van der Waals surface area contributed by atoms with Crippen molar-refractivity contribution >= 4 is 5.78 Å². The van der Waals surface area contributed by atoms with Gasteiger partial charge in [-0.05, 0) is 25.0 Å². The van der Waals surface area contributed by atoms with E-state index in [1.54, 1.807) is 13.8 Å². The Morgan fingerprint density at radius 3 is 1.41 bits per heavy atom. The van der Waals surface area contributed by atoms with Gasteiger partial charge >= 0.3 is 0 Å². The van der Waals surface area contributed by atoms with Crippen molar-refractivity contribution < 1.29 is 4.79 Å². The van der Waals surface area contributed by atoms with Gasteiger partial charge in [-0.2, -0.15) is 0 Å². The number of hydrogen-bond donors (Lipinski definition) is 0. The summed E-state index contributed by atoms with van der Waals surface area (Å²) in [6.07, 6.45) is 0. The molecule has 2 unspecified atom stereocenters. The van der Waals surface area contributed by atoms with Crippen LogP contribution in [0.4, 0.5) is 0 Å². The Hall–Kier alpha value is -2.77. The van der Waals surface area contributed by atoms with E-state index in [1.165, 1.54) is 0 Å². The minimum Gasteiger partial charge on any atom is -0.296 e. The van der Waals surface area contributed by atoms with Gasteiger partial charge in [-0.3, -0.25) is 4.79 Å². The summed E-state index contributed by atoms with van der Waals surface area (Å²) in [5.41, 5.74) is 1.83. The highest BCUT2D eigenvalue weighted by atomic mass is 16.1. The van der Waals surface area contributed by atoms with Crippen LogP contribution < -0.4 is 0 Å². The molecule has 108 valence electrons. The largest absolute Gasteiger partial charge is 0.296 e. The van der Waals surface area contributed by atoms with E-state index in [2.05, 4.69) is 23.7 Å². The maximum Gasteiger partial charge on any atom is 0.171 e. The van der Waals surface area contributed by atoms with Crippen LogP contribution in [0.1, 0.15) is 36.8 Å².